The fourth-order valence-corrected chi connectivity index (χ4v) is 3.10. The summed E-state index contributed by atoms with van der Waals surface area (Å²) < 4.78 is 50.2. The summed E-state index contributed by atoms with van der Waals surface area (Å²) in [5.41, 5.74) is 0.164. The summed E-state index contributed by atoms with van der Waals surface area (Å²) in [4.78, 5) is 25.4. The van der Waals surface area contributed by atoms with Gasteiger partial charge in [0.2, 0.25) is 5.91 Å². The highest BCUT2D eigenvalue weighted by molar-refractivity contribution is 5.95. The average molecular weight is 422 g/mol. The molecule has 9 heteroatoms. The van der Waals surface area contributed by atoms with Crippen molar-refractivity contribution in [3.63, 3.8) is 0 Å². The number of carbonyl (C=O) groups excluding carboxylic acids is 2. The molecule has 3 rings (SSSR count). The van der Waals surface area contributed by atoms with E-state index in [4.69, 9.17) is 9.47 Å². The number of alkyl halides is 3. The second-order valence-corrected chi connectivity index (χ2v) is 6.81. The number of nitrogens with zero attached hydrogens (tertiary/aromatic N) is 1. The number of carbonyl (C=O) groups is 2. The minimum atomic E-state index is -4.52. The Morgan fingerprint density at radius 1 is 1.17 bits per heavy atom. The van der Waals surface area contributed by atoms with Crippen LogP contribution in [0.2, 0.25) is 0 Å². The summed E-state index contributed by atoms with van der Waals surface area (Å²) >= 11 is 0. The van der Waals surface area contributed by atoms with Crippen molar-refractivity contribution in [3.05, 3.63) is 59.7 Å². The van der Waals surface area contributed by atoms with Gasteiger partial charge in [0.05, 0.1) is 18.7 Å². The van der Waals surface area contributed by atoms with Crippen molar-refractivity contribution >= 4 is 17.5 Å². The van der Waals surface area contributed by atoms with Gasteiger partial charge in [-0.1, -0.05) is 12.1 Å². The van der Waals surface area contributed by atoms with Gasteiger partial charge in [-0.15, -0.1) is 0 Å². The fourth-order valence-electron chi connectivity index (χ4n) is 3.10. The van der Waals surface area contributed by atoms with Crippen LogP contribution in [0.25, 0.3) is 0 Å². The van der Waals surface area contributed by atoms with Crippen molar-refractivity contribution in [1.82, 2.24) is 4.90 Å². The molecule has 0 bridgehead atoms. The van der Waals surface area contributed by atoms with Gasteiger partial charge in [-0.2, -0.15) is 13.2 Å². The molecule has 2 aromatic rings. The molecule has 0 aromatic heterocycles. The first-order valence-electron chi connectivity index (χ1n) is 9.31. The van der Waals surface area contributed by atoms with Gasteiger partial charge in [-0.25, -0.2) is 0 Å². The zero-order valence-corrected chi connectivity index (χ0v) is 16.2. The van der Waals surface area contributed by atoms with Crippen molar-refractivity contribution in [2.75, 3.05) is 31.6 Å². The summed E-state index contributed by atoms with van der Waals surface area (Å²) in [6.45, 7) is 2.09. The Balaban J connectivity index is 1.60. The minimum Gasteiger partial charge on any atom is -0.490 e. The molecule has 0 spiro atoms. The molecule has 0 radical (unpaired) electrons. The molecular formula is C21H21F3N2O4. The summed E-state index contributed by atoms with van der Waals surface area (Å²) in [7, 11) is 0. The first-order chi connectivity index (χ1) is 14.2. The lowest BCUT2D eigenvalue weighted by molar-refractivity contribution is -0.139. The molecule has 30 heavy (non-hydrogen) atoms. The number of anilines is 1. The summed E-state index contributed by atoms with van der Waals surface area (Å²) in [5.74, 6) is -0.712. The van der Waals surface area contributed by atoms with Crippen LogP contribution in [0.4, 0.5) is 18.9 Å². The molecule has 0 saturated carbocycles. The van der Waals surface area contributed by atoms with Crippen molar-refractivity contribution in [3.8, 4) is 5.75 Å². The topological polar surface area (TPSA) is 67.9 Å². The van der Waals surface area contributed by atoms with Crippen LogP contribution in [0, 0.1) is 0 Å². The number of para-hydroxylation sites is 1. The average Bonchev–Trinajstić information content (AvgIpc) is 2.71. The number of hydrogen-bond acceptors (Lipinski definition) is 4. The molecule has 1 aliphatic heterocycles. The molecule has 160 valence electrons. The first kappa shape index (κ1) is 21.6. The Hall–Kier alpha value is -3.07. The van der Waals surface area contributed by atoms with Crippen LogP contribution in [-0.4, -0.2) is 49.1 Å². The third-order valence-electron chi connectivity index (χ3n) is 4.50. The van der Waals surface area contributed by atoms with Crippen LogP contribution in [0.5, 0.6) is 5.75 Å². The van der Waals surface area contributed by atoms with E-state index in [0.29, 0.717) is 17.8 Å². The minimum absolute atomic E-state index is 0.113. The highest BCUT2D eigenvalue weighted by Crippen LogP contribution is 2.36. The molecule has 1 N–H and O–H groups in total. The molecule has 0 aliphatic carbocycles. The predicted octanol–water partition coefficient (Wildman–Crippen LogP) is 3.58. The molecule has 2 amide bonds. The van der Waals surface area contributed by atoms with Gasteiger partial charge in [0.25, 0.3) is 5.91 Å². The van der Waals surface area contributed by atoms with Gasteiger partial charge in [0.1, 0.15) is 18.5 Å². The second kappa shape index (κ2) is 9.17. The smallest absolute Gasteiger partial charge is 0.419 e. The standard InChI is InChI=1S/C21H21F3N2O4/c1-14(27)25-16-8-6-15(7-9-16)20(28)26-10-11-29-17(12-26)13-30-19-5-3-2-4-18(19)21(22,23)24/h2-9,17H,10-13H2,1H3,(H,25,27). The number of benzene rings is 2. The number of morpholine rings is 1. The highest BCUT2D eigenvalue weighted by Gasteiger charge is 2.34. The van der Waals surface area contributed by atoms with E-state index in [2.05, 4.69) is 5.32 Å². The molecule has 1 aliphatic rings. The van der Waals surface area contributed by atoms with E-state index < -0.39 is 17.8 Å². The lowest BCUT2D eigenvalue weighted by Crippen LogP contribution is -2.47. The zero-order chi connectivity index (χ0) is 21.7. The van der Waals surface area contributed by atoms with Gasteiger partial charge >= 0.3 is 6.18 Å². The molecule has 1 unspecified atom stereocenters. The van der Waals surface area contributed by atoms with E-state index in [-0.39, 0.29) is 37.3 Å². The number of nitrogens with one attached hydrogen (secondary N) is 1. The summed E-state index contributed by atoms with van der Waals surface area (Å²) in [6, 6.07) is 11.4. The number of ether oxygens (including phenoxy) is 2. The Morgan fingerprint density at radius 3 is 2.53 bits per heavy atom. The van der Waals surface area contributed by atoms with Crippen molar-refractivity contribution in [2.24, 2.45) is 0 Å². The lowest BCUT2D eigenvalue weighted by atomic mass is 10.1. The van der Waals surface area contributed by atoms with Gasteiger partial charge in [0.15, 0.2) is 0 Å². The Kier molecular flexibility index (Phi) is 6.61. The Bertz CT molecular complexity index is 900. The molecule has 1 heterocycles. The predicted molar refractivity (Wildman–Crippen MR) is 103 cm³/mol. The van der Waals surface area contributed by atoms with Crippen LogP contribution in [-0.2, 0) is 15.7 Å². The highest BCUT2D eigenvalue weighted by atomic mass is 19.4. The van der Waals surface area contributed by atoms with Gasteiger partial charge in [-0.3, -0.25) is 9.59 Å². The second-order valence-electron chi connectivity index (χ2n) is 6.81. The third-order valence-corrected chi connectivity index (χ3v) is 4.50. The Morgan fingerprint density at radius 2 is 1.87 bits per heavy atom. The normalized spacial score (nSPS) is 16.8. The van der Waals surface area contributed by atoms with Gasteiger partial charge in [0, 0.05) is 24.7 Å². The van der Waals surface area contributed by atoms with Crippen LogP contribution in [0.15, 0.2) is 48.5 Å². The van der Waals surface area contributed by atoms with Crippen LogP contribution in [0.3, 0.4) is 0 Å². The molecule has 1 fully saturated rings. The molecule has 1 atom stereocenters. The van der Waals surface area contributed by atoms with Gasteiger partial charge in [-0.05, 0) is 36.4 Å². The molecule has 1 saturated heterocycles. The number of amides is 2. The van der Waals surface area contributed by atoms with E-state index in [1.165, 1.54) is 25.1 Å². The van der Waals surface area contributed by atoms with Crippen LogP contribution in [0.1, 0.15) is 22.8 Å². The summed E-state index contributed by atoms with van der Waals surface area (Å²) in [6.07, 6.45) is -5.07. The van der Waals surface area contributed by atoms with E-state index in [0.717, 1.165) is 6.07 Å². The number of rotatable bonds is 5. The van der Waals surface area contributed by atoms with Crippen LogP contribution >= 0.6 is 0 Å². The lowest BCUT2D eigenvalue weighted by Gasteiger charge is -2.33. The zero-order valence-electron chi connectivity index (χ0n) is 16.2. The third kappa shape index (κ3) is 5.50. The van der Waals surface area contributed by atoms with Gasteiger partial charge < -0.3 is 19.7 Å². The maximum Gasteiger partial charge on any atom is 0.419 e. The van der Waals surface area contributed by atoms with Crippen molar-refractivity contribution in [1.29, 1.82) is 0 Å². The van der Waals surface area contributed by atoms with E-state index >= 15 is 0 Å². The monoisotopic (exact) mass is 422 g/mol. The fraction of sp³-hybridized carbons (Fsp3) is 0.333. The molecule has 6 nitrogen and oxygen atoms in total. The summed E-state index contributed by atoms with van der Waals surface area (Å²) in [5, 5.41) is 2.62. The first-order valence-corrected chi connectivity index (χ1v) is 9.31. The number of hydrogen-bond donors (Lipinski definition) is 1. The van der Waals surface area contributed by atoms with E-state index in [9.17, 15) is 22.8 Å². The van der Waals surface area contributed by atoms with Crippen molar-refractivity contribution < 1.29 is 32.2 Å². The maximum atomic E-state index is 13.1. The largest absolute Gasteiger partial charge is 0.490 e. The quantitative estimate of drug-likeness (QED) is 0.800. The Labute approximate surface area is 171 Å². The maximum absolute atomic E-state index is 13.1. The molecular weight excluding hydrogens is 401 g/mol. The van der Waals surface area contributed by atoms with Crippen molar-refractivity contribution in [2.45, 2.75) is 19.2 Å². The molecule has 2 aromatic carbocycles. The SMILES string of the molecule is CC(=O)Nc1ccc(C(=O)N2CCOC(COc3ccccc3C(F)(F)F)C2)cc1. The van der Waals surface area contributed by atoms with Crippen LogP contribution < -0.4 is 10.1 Å². The van der Waals surface area contributed by atoms with E-state index in [1.807, 2.05) is 0 Å². The van der Waals surface area contributed by atoms with E-state index in [1.54, 1.807) is 29.2 Å². The number of halogens is 3.